The molecule has 0 aliphatic heterocycles. The molecule has 0 saturated heterocycles. The van der Waals surface area contributed by atoms with E-state index in [0.717, 1.165) is 179 Å². The summed E-state index contributed by atoms with van der Waals surface area (Å²) < 4.78 is 28.9. The van der Waals surface area contributed by atoms with Gasteiger partial charge in [-0.25, -0.2) is 0 Å². The quantitative estimate of drug-likeness (QED) is 0.0206. The van der Waals surface area contributed by atoms with Crippen molar-refractivity contribution in [2.75, 3.05) is 26.4 Å². The molecule has 4 aromatic heterocycles. The molecule has 120 heavy (non-hydrogen) atoms. The first-order valence-corrected chi connectivity index (χ1v) is 46.8. The van der Waals surface area contributed by atoms with Gasteiger partial charge in [0.2, 0.25) is 0 Å². The Kier molecular flexibility index (Phi) is 25.9. The number of rotatable bonds is 38. The van der Waals surface area contributed by atoms with Gasteiger partial charge >= 0.3 is 0 Å². The highest BCUT2D eigenvalue weighted by Gasteiger charge is 2.56. The van der Waals surface area contributed by atoms with E-state index in [-0.39, 0.29) is 22.7 Å². The molecule has 4 aliphatic carbocycles. The minimum absolute atomic E-state index is 0.124. The minimum Gasteiger partial charge on any atom is -0.494 e. The van der Waals surface area contributed by atoms with Gasteiger partial charge in [0.1, 0.15) is 58.4 Å². The number of hydrogen-bond donors (Lipinski definition) is 0. The fraction of sp³-hybridized carbons (Fsp3) is 0.321. The summed E-state index contributed by atoms with van der Waals surface area (Å²) >= 11 is 6.87. The van der Waals surface area contributed by atoms with E-state index in [2.05, 4.69) is 161 Å². The van der Waals surface area contributed by atoms with Crippen LogP contribution in [0.1, 0.15) is 267 Å². The predicted molar refractivity (Wildman–Crippen MR) is 494 cm³/mol. The average Bonchev–Trinajstić information content (AvgIpc) is 1.48. The van der Waals surface area contributed by atoms with Crippen LogP contribution in [0, 0.1) is 45.3 Å². The van der Waals surface area contributed by atoms with Crippen molar-refractivity contribution in [3.05, 3.63) is 279 Å². The normalized spacial score (nSPS) is 14.4. The van der Waals surface area contributed by atoms with E-state index in [1.807, 2.05) is 84.9 Å². The molecule has 0 saturated carbocycles. The van der Waals surface area contributed by atoms with Gasteiger partial charge in [-0.3, -0.25) is 9.59 Å². The molecule has 4 aliphatic rings. The number of Topliss-reactive ketones (excluding diaryl/α,β-unsaturated/α-hetero) is 2. The maximum Gasteiger partial charge on any atom is 0.194 e. The van der Waals surface area contributed by atoms with Gasteiger partial charge in [-0.05, 0) is 178 Å². The van der Waals surface area contributed by atoms with Gasteiger partial charge in [-0.2, -0.15) is 21.0 Å². The molecule has 0 atom stereocenters. The molecule has 10 nitrogen and oxygen atoms in total. The molecule has 0 bridgehead atoms. The van der Waals surface area contributed by atoms with Crippen molar-refractivity contribution >= 4 is 111 Å². The van der Waals surface area contributed by atoms with Crippen molar-refractivity contribution in [2.45, 2.75) is 193 Å². The summed E-state index contributed by atoms with van der Waals surface area (Å²) in [6.07, 6.45) is 31.3. The molecular formula is C106H100N4O6S4. The summed E-state index contributed by atoms with van der Waals surface area (Å²) in [5, 5.41) is 46.8. The van der Waals surface area contributed by atoms with Crippen LogP contribution in [0.15, 0.2) is 204 Å². The number of carbonyl (C=O) groups excluding carboxylic acids is 2. The lowest BCUT2D eigenvalue weighted by molar-refractivity contribution is 0.103. The monoisotopic (exact) mass is 1650 g/mol. The molecule has 604 valence electrons. The molecule has 8 aromatic carbocycles. The van der Waals surface area contributed by atoms with E-state index >= 15 is 9.59 Å². The van der Waals surface area contributed by atoms with Gasteiger partial charge < -0.3 is 18.9 Å². The fourth-order valence-corrected chi connectivity index (χ4v) is 24.4. The van der Waals surface area contributed by atoms with E-state index in [1.165, 1.54) is 103 Å². The number of hydrogen-bond acceptors (Lipinski definition) is 14. The summed E-state index contributed by atoms with van der Waals surface area (Å²) in [6, 6.07) is 71.8. The number of unbranched alkanes of at least 4 members (excludes halogenated alkanes) is 20. The van der Waals surface area contributed by atoms with E-state index in [0.29, 0.717) is 71.0 Å². The van der Waals surface area contributed by atoms with Gasteiger partial charge in [0.15, 0.2) is 11.6 Å². The summed E-state index contributed by atoms with van der Waals surface area (Å²) in [7, 11) is 0. The number of thiophene rings is 4. The summed E-state index contributed by atoms with van der Waals surface area (Å²) in [5.41, 5.74) is 9.44. The first-order valence-electron chi connectivity index (χ1n) is 43.5. The Hall–Kier alpha value is -11.2. The van der Waals surface area contributed by atoms with E-state index in [9.17, 15) is 21.0 Å². The zero-order valence-electron chi connectivity index (χ0n) is 69.1. The predicted octanol–water partition coefficient (Wildman–Crippen LogP) is 29.2. The molecule has 0 spiro atoms. The molecule has 0 unspecified atom stereocenters. The zero-order chi connectivity index (χ0) is 82.7. The van der Waals surface area contributed by atoms with Gasteiger partial charge in [-0.15, -0.1) is 45.3 Å². The van der Waals surface area contributed by atoms with Crippen LogP contribution in [0.4, 0.5) is 0 Å². The summed E-state index contributed by atoms with van der Waals surface area (Å²) in [4.78, 5) is 36.7. The van der Waals surface area contributed by atoms with Gasteiger partial charge in [0.25, 0.3) is 0 Å². The lowest BCUT2D eigenvalue weighted by atomic mass is 9.70. The second-order valence-electron chi connectivity index (χ2n) is 32.3. The van der Waals surface area contributed by atoms with Crippen LogP contribution in [-0.4, -0.2) is 38.0 Å². The number of allylic oxidation sites excluding steroid dienone is 6. The van der Waals surface area contributed by atoms with Crippen LogP contribution >= 0.6 is 45.3 Å². The Labute approximate surface area is 722 Å². The first kappa shape index (κ1) is 82.5. The Morgan fingerprint density at radius 2 is 0.592 bits per heavy atom. The molecule has 4 heterocycles. The maximum atomic E-state index is 15.4. The lowest BCUT2D eigenvalue weighted by Gasteiger charge is -2.33. The van der Waals surface area contributed by atoms with E-state index < -0.39 is 10.8 Å². The topological polar surface area (TPSA) is 166 Å². The number of ether oxygens (including phenoxy) is 4. The number of carbonyl (C=O) groups is 2. The van der Waals surface area contributed by atoms with Gasteiger partial charge in [0.05, 0.1) is 46.7 Å². The van der Waals surface area contributed by atoms with Crippen molar-refractivity contribution in [3.63, 3.8) is 0 Å². The van der Waals surface area contributed by atoms with Crippen molar-refractivity contribution in [1.29, 1.82) is 21.0 Å². The molecule has 14 heteroatoms. The third kappa shape index (κ3) is 15.8. The Morgan fingerprint density at radius 1 is 0.325 bits per heavy atom. The van der Waals surface area contributed by atoms with E-state index in [4.69, 9.17) is 18.9 Å². The number of nitriles is 4. The number of ketones is 2. The average molecular weight is 1650 g/mol. The van der Waals surface area contributed by atoms with Crippen molar-refractivity contribution in [3.8, 4) is 68.2 Å². The molecule has 16 rings (SSSR count). The van der Waals surface area contributed by atoms with Crippen molar-refractivity contribution in [2.24, 2.45) is 0 Å². The van der Waals surface area contributed by atoms with Gasteiger partial charge in [0, 0.05) is 84.9 Å². The second-order valence-corrected chi connectivity index (χ2v) is 36.5. The van der Waals surface area contributed by atoms with Gasteiger partial charge in [-0.1, -0.05) is 253 Å². The first-order chi connectivity index (χ1) is 59.0. The highest BCUT2D eigenvalue weighted by molar-refractivity contribution is 7.32. The number of nitrogens with zero attached hydrogens (tertiary/aromatic N) is 4. The molecular weight excluding hydrogens is 1550 g/mol. The van der Waals surface area contributed by atoms with Crippen LogP contribution in [0.2, 0.25) is 0 Å². The molecule has 12 aromatic rings. The molecule has 0 fully saturated rings. The maximum absolute atomic E-state index is 15.4. The zero-order valence-corrected chi connectivity index (χ0v) is 72.4. The molecule has 0 N–H and O–H groups in total. The van der Waals surface area contributed by atoms with Crippen LogP contribution < -0.4 is 18.9 Å². The van der Waals surface area contributed by atoms with Crippen LogP contribution in [0.3, 0.4) is 0 Å². The number of fused-ring (bicyclic) bond motifs is 13. The largest absolute Gasteiger partial charge is 0.494 e. The van der Waals surface area contributed by atoms with Crippen molar-refractivity contribution < 1.29 is 28.5 Å². The summed E-state index contributed by atoms with van der Waals surface area (Å²) in [6.45, 7) is 11.4. The fourth-order valence-electron chi connectivity index (χ4n) is 18.5. The van der Waals surface area contributed by atoms with E-state index in [1.54, 1.807) is 45.3 Å². The minimum atomic E-state index is -1.02. The van der Waals surface area contributed by atoms with Crippen molar-refractivity contribution in [1.82, 2.24) is 0 Å². The highest BCUT2D eigenvalue weighted by Crippen LogP contribution is 2.71. The second kappa shape index (κ2) is 37.6. The Bertz CT molecular complexity index is 5620. The SMILES string of the molecule is CCCCCCCCOc1ccc(C2(c3ccc(OCCCCCCCC)cc3)c3sc(/C=C4\C(=O)c5cc6ccccc6cc5C4=C(C#N)C#N)cc3-c3sc4c5c(sc4c32)-c2cc(/C=C3\C(=O)c4cc6ccccc6cc4C3=C(C#N)C#N)sc2C5(c2ccc(OCCCCCCCC)cc2)c2ccc(OCCCCCCCC)cc2)cc1. The Morgan fingerprint density at radius 3 is 0.867 bits per heavy atom. The molecule has 0 amide bonds. The smallest absolute Gasteiger partial charge is 0.194 e. The third-order valence-corrected chi connectivity index (χ3v) is 29.5. The third-order valence-electron chi connectivity index (χ3n) is 24.5. The molecule has 0 radical (unpaired) electrons. The number of benzene rings is 8. The Balaban J connectivity index is 0.933. The lowest BCUT2D eigenvalue weighted by Crippen LogP contribution is -2.28. The van der Waals surface area contributed by atoms with Crippen LogP contribution in [0.25, 0.3) is 75.1 Å². The van der Waals surface area contributed by atoms with Crippen LogP contribution in [0.5, 0.6) is 23.0 Å². The standard InChI is InChI=1S/C106H100N4O6S4/c1-5-9-13-17-21-29-53-113-79-45-37-75(38-46-79)105(76-39-47-80(48-40-76)114-54-30-22-18-14-10-6-2)95-99(91-63-83(117-103(91)105)61-89-93(73(65-107)66-108)85-57-69-33-25-27-35-71(69)59-87(85)97(89)111)119-102-96-100(120-101(95)102)92-64-84(62-90-94(74(67-109)68-110)86-58-70-34-26-28-36-72(70)60-88(86)98(90)112)118-104(92)106(96,77-41-49-81(50-42-77)115-55-31-23-19-15-11-7-3)78-43-51-82(52-44-78)116-56-32-24-20-16-12-8-4/h25-28,33-52,57-64H,5-24,29-32,53-56H2,1-4H3/b89-61-,90-62-. The summed E-state index contributed by atoms with van der Waals surface area (Å²) in [5.74, 6) is 2.65. The highest BCUT2D eigenvalue weighted by atomic mass is 32.1. The van der Waals surface area contributed by atoms with Crippen LogP contribution in [-0.2, 0) is 10.8 Å².